The summed E-state index contributed by atoms with van der Waals surface area (Å²) in [6, 6.07) is 5.81. The summed E-state index contributed by atoms with van der Waals surface area (Å²) in [6.07, 6.45) is -0.0150. The third-order valence-corrected chi connectivity index (χ3v) is 5.57. The Morgan fingerprint density at radius 2 is 1.80 bits per heavy atom. The SMILES string of the molecule is CCOC(=O)N1CCN(C(=O)CCC2NC(=O)N(Cc3ccccc3Cl)C2=O)CC1. The number of imide groups is 1. The Kier molecular flexibility index (Phi) is 7.15. The van der Waals surface area contributed by atoms with E-state index < -0.39 is 12.1 Å². The Morgan fingerprint density at radius 3 is 2.47 bits per heavy atom. The molecule has 2 heterocycles. The molecule has 0 radical (unpaired) electrons. The number of piperazine rings is 1. The van der Waals surface area contributed by atoms with E-state index in [9.17, 15) is 19.2 Å². The van der Waals surface area contributed by atoms with Crippen LogP contribution in [0, 0.1) is 0 Å². The number of nitrogens with one attached hydrogen (secondary N) is 1. The fourth-order valence-electron chi connectivity index (χ4n) is 3.50. The van der Waals surface area contributed by atoms with Crippen molar-refractivity contribution < 1.29 is 23.9 Å². The molecule has 2 saturated heterocycles. The summed E-state index contributed by atoms with van der Waals surface area (Å²) in [5, 5.41) is 3.13. The van der Waals surface area contributed by atoms with E-state index in [0.717, 1.165) is 4.90 Å². The molecule has 9 nitrogen and oxygen atoms in total. The zero-order valence-electron chi connectivity index (χ0n) is 16.8. The number of hydrogen-bond donors (Lipinski definition) is 1. The number of amides is 5. The van der Waals surface area contributed by atoms with Gasteiger partial charge in [0.05, 0.1) is 13.2 Å². The molecule has 3 rings (SSSR count). The Balaban J connectivity index is 1.47. The summed E-state index contributed by atoms with van der Waals surface area (Å²) in [4.78, 5) is 53.4. The number of carbonyl (C=O) groups is 4. The molecule has 0 aliphatic carbocycles. The third kappa shape index (κ3) is 5.02. The van der Waals surface area contributed by atoms with Crippen molar-refractivity contribution in [2.75, 3.05) is 32.8 Å². The fraction of sp³-hybridized carbons (Fsp3) is 0.500. The first-order valence-electron chi connectivity index (χ1n) is 9.95. The smallest absolute Gasteiger partial charge is 0.409 e. The van der Waals surface area contributed by atoms with Crippen LogP contribution in [-0.4, -0.2) is 77.5 Å². The maximum atomic E-state index is 12.6. The van der Waals surface area contributed by atoms with Crippen molar-refractivity contribution in [2.45, 2.75) is 32.4 Å². The Hall–Kier alpha value is -2.81. The molecule has 0 saturated carbocycles. The van der Waals surface area contributed by atoms with Gasteiger partial charge in [-0.05, 0) is 25.0 Å². The maximum absolute atomic E-state index is 12.6. The number of rotatable bonds is 6. The topological polar surface area (TPSA) is 99.3 Å². The number of nitrogens with zero attached hydrogens (tertiary/aromatic N) is 3. The molecule has 0 spiro atoms. The van der Waals surface area contributed by atoms with Crippen molar-refractivity contribution in [3.05, 3.63) is 34.9 Å². The quantitative estimate of drug-likeness (QED) is 0.686. The Labute approximate surface area is 179 Å². The van der Waals surface area contributed by atoms with E-state index in [1.54, 1.807) is 41.0 Å². The van der Waals surface area contributed by atoms with Gasteiger partial charge in [-0.1, -0.05) is 29.8 Å². The number of carbonyl (C=O) groups excluding carboxylic acids is 4. The molecule has 162 valence electrons. The molecule has 2 fully saturated rings. The summed E-state index contributed by atoms with van der Waals surface area (Å²) in [6.45, 7) is 3.81. The first kappa shape index (κ1) is 21.9. The lowest BCUT2D eigenvalue weighted by Crippen LogP contribution is -2.50. The van der Waals surface area contributed by atoms with E-state index in [1.807, 2.05) is 0 Å². The minimum Gasteiger partial charge on any atom is -0.450 e. The van der Waals surface area contributed by atoms with Gasteiger partial charge >= 0.3 is 12.1 Å². The second-order valence-electron chi connectivity index (χ2n) is 7.12. The van der Waals surface area contributed by atoms with Crippen LogP contribution in [0.15, 0.2) is 24.3 Å². The van der Waals surface area contributed by atoms with Gasteiger partial charge in [-0.2, -0.15) is 0 Å². The average Bonchev–Trinajstić information content (AvgIpc) is 3.01. The van der Waals surface area contributed by atoms with Crippen LogP contribution >= 0.6 is 11.6 Å². The van der Waals surface area contributed by atoms with E-state index in [2.05, 4.69) is 5.32 Å². The van der Waals surface area contributed by atoms with Crippen molar-refractivity contribution >= 4 is 35.5 Å². The van der Waals surface area contributed by atoms with Crippen LogP contribution in [0.2, 0.25) is 5.02 Å². The minimum absolute atomic E-state index is 0.0879. The highest BCUT2D eigenvalue weighted by molar-refractivity contribution is 6.31. The van der Waals surface area contributed by atoms with Crippen molar-refractivity contribution in [3.63, 3.8) is 0 Å². The van der Waals surface area contributed by atoms with E-state index in [-0.39, 0.29) is 37.3 Å². The van der Waals surface area contributed by atoms with Crippen molar-refractivity contribution in [3.8, 4) is 0 Å². The first-order valence-corrected chi connectivity index (χ1v) is 10.3. The lowest BCUT2D eigenvalue weighted by Gasteiger charge is -2.34. The molecule has 5 amide bonds. The lowest BCUT2D eigenvalue weighted by atomic mass is 10.1. The van der Waals surface area contributed by atoms with Gasteiger partial charge in [-0.15, -0.1) is 0 Å². The van der Waals surface area contributed by atoms with E-state index in [4.69, 9.17) is 16.3 Å². The van der Waals surface area contributed by atoms with Crippen molar-refractivity contribution in [1.82, 2.24) is 20.0 Å². The van der Waals surface area contributed by atoms with E-state index in [1.165, 1.54) is 0 Å². The van der Waals surface area contributed by atoms with E-state index in [0.29, 0.717) is 43.4 Å². The minimum atomic E-state index is -0.732. The largest absolute Gasteiger partial charge is 0.450 e. The highest BCUT2D eigenvalue weighted by atomic mass is 35.5. The maximum Gasteiger partial charge on any atom is 0.409 e. The van der Waals surface area contributed by atoms with Crippen LogP contribution in [-0.2, 0) is 20.9 Å². The number of ether oxygens (including phenoxy) is 1. The molecule has 1 N–H and O–H groups in total. The average molecular weight is 437 g/mol. The van der Waals surface area contributed by atoms with Gasteiger partial charge in [0, 0.05) is 37.6 Å². The molecule has 1 unspecified atom stereocenters. The standard InChI is InChI=1S/C20H25ClN4O5/c1-2-30-20(29)24-11-9-23(10-12-24)17(26)8-7-16-18(27)25(19(28)22-16)13-14-5-3-4-6-15(14)21/h3-6,16H,2,7-13H2,1H3,(H,22,28). The normalized spacial score (nSPS) is 19.1. The second kappa shape index (κ2) is 9.80. The van der Waals surface area contributed by atoms with Gasteiger partial charge < -0.3 is 19.9 Å². The van der Waals surface area contributed by atoms with Gasteiger partial charge in [-0.25, -0.2) is 9.59 Å². The monoisotopic (exact) mass is 436 g/mol. The molecule has 1 aromatic carbocycles. The van der Waals surface area contributed by atoms with Gasteiger partial charge in [0.25, 0.3) is 5.91 Å². The predicted molar refractivity (Wildman–Crippen MR) is 109 cm³/mol. The van der Waals surface area contributed by atoms with Crippen LogP contribution in [0.5, 0.6) is 0 Å². The number of urea groups is 1. The van der Waals surface area contributed by atoms with Gasteiger partial charge in [-0.3, -0.25) is 14.5 Å². The second-order valence-corrected chi connectivity index (χ2v) is 7.53. The molecule has 30 heavy (non-hydrogen) atoms. The van der Waals surface area contributed by atoms with Crippen molar-refractivity contribution in [2.24, 2.45) is 0 Å². The van der Waals surface area contributed by atoms with E-state index >= 15 is 0 Å². The zero-order valence-corrected chi connectivity index (χ0v) is 17.6. The molecule has 10 heteroatoms. The summed E-state index contributed by atoms with van der Waals surface area (Å²) in [5.41, 5.74) is 0.680. The Bertz CT molecular complexity index is 825. The van der Waals surface area contributed by atoms with Crippen molar-refractivity contribution in [1.29, 1.82) is 0 Å². The van der Waals surface area contributed by atoms with Crippen LogP contribution in [0.3, 0.4) is 0 Å². The molecule has 1 aromatic rings. The summed E-state index contributed by atoms with van der Waals surface area (Å²) < 4.78 is 4.97. The molecule has 0 aromatic heterocycles. The first-order chi connectivity index (χ1) is 14.4. The number of halogens is 1. The highest BCUT2D eigenvalue weighted by Crippen LogP contribution is 2.21. The lowest BCUT2D eigenvalue weighted by molar-refractivity contribution is -0.133. The summed E-state index contributed by atoms with van der Waals surface area (Å²) in [5.74, 6) is -0.468. The van der Waals surface area contributed by atoms with Crippen LogP contribution in [0.1, 0.15) is 25.3 Å². The molecule has 0 bridgehead atoms. The van der Waals surface area contributed by atoms with Gasteiger partial charge in [0.15, 0.2) is 0 Å². The fourth-order valence-corrected chi connectivity index (χ4v) is 3.69. The van der Waals surface area contributed by atoms with Crippen LogP contribution in [0.25, 0.3) is 0 Å². The molecular formula is C20H25ClN4O5. The summed E-state index contributed by atoms with van der Waals surface area (Å²) in [7, 11) is 0. The molecule has 1 atom stereocenters. The third-order valence-electron chi connectivity index (χ3n) is 5.20. The zero-order chi connectivity index (χ0) is 21.7. The number of benzene rings is 1. The summed E-state index contributed by atoms with van der Waals surface area (Å²) >= 11 is 6.12. The van der Waals surface area contributed by atoms with Crippen LogP contribution < -0.4 is 5.32 Å². The Morgan fingerprint density at radius 1 is 1.13 bits per heavy atom. The molecular weight excluding hydrogens is 412 g/mol. The number of hydrogen-bond acceptors (Lipinski definition) is 5. The highest BCUT2D eigenvalue weighted by Gasteiger charge is 2.38. The molecule has 2 aliphatic heterocycles. The van der Waals surface area contributed by atoms with Gasteiger partial charge in [0.2, 0.25) is 5.91 Å². The van der Waals surface area contributed by atoms with Crippen LogP contribution in [0.4, 0.5) is 9.59 Å². The van der Waals surface area contributed by atoms with Gasteiger partial charge in [0.1, 0.15) is 6.04 Å². The predicted octanol–water partition coefficient (Wildman–Crippen LogP) is 1.84. The molecule has 2 aliphatic rings.